The number of allylic oxidation sites excluding steroid dienone is 3. The van der Waals surface area contributed by atoms with E-state index in [9.17, 15) is 14.7 Å². The summed E-state index contributed by atoms with van der Waals surface area (Å²) < 4.78 is 0. The highest BCUT2D eigenvalue weighted by atomic mass is 16.3. The second-order valence-corrected chi connectivity index (χ2v) is 8.16. The van der Waals surface area contributed by atoms with Crippen LogP contribution in [0.3, 0.4) is 0 Å². The highest BCUT2D eigenvalue weighted by molar-refractivity contribution is 5.89. The van der Waals surface area contributed by atoms with Crippen LogP contribution in [0, 0.1) is 17.8 Å². The largest absolute Gasteiger partial charge is 0.392 e. The molecule has 1 saturated carbocycles. The van der Waals surface area contributed by atoms with Gasteiger partial charge < -0.3 is 10.0 Å². The van der Waals surface area contributed by atoms with Crippen LogP contribution in [0.2, 0.25) is 0 Å². The second kappa shape index (κ2) is 10.1. The number of aliphatic hydroxyl groups is 1. The fraction of sp³-hybridized carbons (Fsp3) is 0.727. The normalized spacial score (nSPS) is 27.6. The summed E-state index contributed by atoms with van der Waals surface area (Å²) in [6.45, 7) is 2.09. The first-order chi connectivity index (χ1) is 12.4. The molecule has 146 valence electrons. The molecule has 0 heterocycles. The predicted octanol–water partition coefficient (Wildman–Crippen LogP) is 3.89. The molecule has 26 heavy (non-hydrogen) atoms. The molecule has 0 bridgehead atoms. The quantitative estimate of drug-likeness (QED) is 0.365. The SMILES string of the molecule is CCCCC(=O)/C=C/[C@@H]1[C@H]2CC(CCCCC(=O)N(C)C)=C[C@H]2C[C@H]1O. The average molecular weight is 362 g/mol. The van der Waals surface area contributed by atoms with Gasteiger partial charge in [-0.05, 0) is 56.4 Å². The van der Waals surface area contributed by atoms with Crippen molar-refractivity contribution in [2.45, 2.75) is 70.8 Å². The van der Waals surface area contributed by atoms with Crippen molar-refractivity contribution in [1.29, 1.82) is 0 Å². The maximum atomic E-state index is 11.9. The smallest absolute Gasteiger partial charge is 0.222 e. The number of rotatable bonds is 10. The third kappa shape index (κ3) is 5.80. The van der Waals surface area contributed by atoms with Crippen LogP contribution in [0.5, 0.6) is 0 Å². The number of ketones is 1. The Morgan fingerprint density at radius 2 is 2.00 bits per heavy atom. The Balaban J connectivity index is 1.78. The van der Waals surface area contributed by atoms with Gasteiger partial charge in [-0.2, -0.15) is 0 Å². The first kappa shape index (κ1) is 20.9. The molecule has 0 radical (unpaired) electrons. The molecule has 1 fully saturated rings. The van der Waals surface area contributed by atoms with E-state index in [1.54, 1.807) is 25.1 Å². The van der Waals surface area contributed by atoms with Crippen LogP contribution < -0.4 is 0 Å². The predicted molar refractivity (Wildman–Crippen MR) is 105 cm³/mol. The fourth-order valence-electron chi connectivity index (χ4n) is 4.30. The molecular weight excluding hydrogens is 326 g/mol. The molecule has 2 rings (SSSR count). The minimum absolute atomic E-state index is 0.106. The van der Waals surface area contributed by atoms with E-state index in [0.29, 0.717) is 24.7 Å². The lowest BCUT2D eigenvalue weighted by molar-refractivity contribution is -0.128. The van der Waals surface area contributed by atoms with E-state index in [0.717, 1.165) is 44.9 Å². The van der Waals surface area contributed by atoms with Gasteiger partial charge in [0.2, 0.25) is 5.91 Å². The van der Waals surface area contributed by atoms with Crippen molar-refractivity contribution in [3.8, 4) is 0 Å². The standard InChI is InChI=1S/C22H35NO3/c1-4-5-9-18(24)11-12-19-20-14-16(13-17(20)15-21(19)25)8-6-7-10-22(26)23(2)3/h11-13,17,19-21,25H,4-10,14-15H2,1-3H3/b12-11+/t17-,19+,20-,21+/m0/s1. The summed E-state index contributed by atoms with van der Waals surface area (Å²) in [4.78, 5) is 25.2. The lowest BCUT2D eigenvalue weighted by Crippen LogP contribution is -2.21. The monoisotopic (exact) mass is 361 g/mol. The molecule has 2 aliphatic carbocycles. The molecule has 4 atom stereocenters. The van der Waals surface area contributed by atoms with Crippen molar-refractivity contribution in [3.05, 3.63) is 23.8 Å². The van der Waals surface area contributed by atoms with Gasteiger partial charge in [0.1, 0.15) is 0 Å². The van der Waals surface area contributed by atoms with E-state index in [1.807, 2.05) is 6.08 Å². The van der Waals surface area contributed by atoms with E-state index >= 15 is 0 Å². The molecule has 4 nitrogen and oxygen atoms in total. The van der Waals surface area contributed by atoms with Gasteiger partial charge in [-0.25, -0.2) is 0 Å². The summed E-state index contributed by atoms with van der Waals surface area (Å²) in [5, 5.41) is 10.4. The fourth-order valence-corrected chi connectivity index (χ4v) is 4.30. The Morgan fingerprint density at radius 1 is 1.23 bits per heavy atom. The molecule has 0 aliphatic heterocycles. The van der Waals surface area contributed by atoms with Gasteiger partial charge in [-0.1, -0.05) is 31.1 Å². The molecule has 0 aromatic rings. The zero-order chi connectivity index (χ0) is 19.1. The maximum absolute atomic E-state index is 11.9. The third-order valence-electron chi connectivity index (χ3n) is 5.87. The van der Waals surface area contributed by atoms with Gasteiger partial charge in [-0.15, -0.1) is 0 Å². The highest BCUT2D eigenvalue weighted by Gasteiger charge is 2.43. The molecule has 0 saturated heterocycles. The molecule has 1 N–H and O–H groups in total. The van der Waals surface area contributed by atoms with Gasteiger partial charge in [0.15, 0.2) is 5.78 Å². The van der Waals surface area contributed by atoms with Crippen molar-refractivity contribution < 1.29 is 14.7 Å². The van der Waals surface area contributed by atoms with Crippen LogP contribution in [-0.2, 0) is 9.59 Å². The van der Waals surface area contributed by atoms with Crippen LogP contribution in [0.4, 0.5) is 0 Å². The number of carbonyl (C=O) groups excluding carboxylic acids is 2. The minimum atomic E-state index is -0.323. The Bertz CT molecular complexity index is 550. The van der Waals surface area contributed by atoms with E-state index in [-0.39, 0.29) is 23.7 Å². The topological polar surface area (TPSA) is 57.6 Å². The van der Waals surface area contributed by atoms with Gasteiger partial charge in [-0.3, -0.25) is 9.59 Å². The summed E-state index contributed by atoms with van der Waals surface area (Å²) in [7, 11) is 3.60. The van der Waals surface area contributed by atoms with E-state index in [2.05, 4.69) is 13.0 Å². The summed E-state index contributed by atoms with van der Waals surface area (Å²) >= 11 is 0. The zero-order valence-electron chi connectivity index (χ0n) is 16.6. The van der Waals surface area contributed by atoms with Crippen molar-refractivity contribution in [1.82, 2.24) is 4.90 Å². The second-order valence-electron chi connectivity index (χ2n) is 8.16. The molecule has 1 amide bonds. The van der Waals surface area contributed by atoms with Crippen molar-refractivity contribution in [2.75, 3.05) is 14.1 Å². The summed E-state index contributed by atoms with van der Waals surface area (Å²) in [5.74, 6) is 1.37. The molecule has 2 aliphatic rings. The van der Waals surface area contributed by atoms with Gasteiger partial charge in [0.05, 0.1) is 6.10 Å². The molecule has 0 aromatic carbocycles. The van der Waals surface area contributed by atoms with Crippen LogP contribution in [0.15, 0.2) is 23.8 Å². The Kier molecular flexibility index (Phi) is 8.08. The number of fused-ring (bicyclic) bond motifs is 1. The summed E-state index contributed by atoms with van der Waals surface area (Å²) in [6.07, 6.45) is 13.8. The van der Waals surface area contributed by atoms with Crippen LogP contribution in [0.1, 0.15) is 64.7 Å². The number of unbranched alkanes of at least 4 members (excludes halogenated alkanes) is 2. The van der Waals surface area contributed by atoms with Crippen LogP contribution >= 0.6 is 0 Å². The Morgan fingerprint density at radius 3 is 2.69 bits per heavy atom. The molecule has 0 unspecified atom stereocenters. The number of aliphatic hydroxyl groups excluding tert-OH is 1. The van der Waals surface area contributed by atoms with Crippen LogP contribution in [-0.4, -0.2) is 41.9 Å². The average Bonchev–Trinajstić information content (AvgIpc) is 3.11. The Labute approximate surface area is 158 Å². The van der Waals surface area contributed by atoms with Gasteiger partial charge >= 0.3 is 0 Å². The number of carbonyl (C=O) groups is 2. The maximum Gasteiger partial charge on any atom is 0.222 e. The molecule has 4 heteroatoms. The van der Waals surface area contributed by atoms with Gasteiger partial charge in [0, 0.05) is 32.9 Å². The Hall–Kier alpha value is -1.42. The number of amides is 1. The number of hydrogen-bond donors (Lipinski definition) is 1. The zero-order valence-corrected chi connectivity index (χ0v) is 16.6. The highest BCUT2D eigenvalue weighted by Crippen LogP contribution is 2.48. The lowest BCUT2D eigenvalue weighted by atomic mass is 9.88. The van der Waals surface area contributed by atoms with Crippen LogP contribution in [0.25, 0.3) is 0 Å². The van der Waals surface area contributed by atoms with Gasteiger partial charge in [0.25, 0.3) is 0 Å². The van der Waals surface area contributed by atoms with Crippen molar-refractivity contribution in [2.24, 2.45) is 17.8 Å². The number of nitrogens with zero attached hydrogens (tertiary/aromatic N) is 1. The van der Waals surface area contributed by atoms with E-state index in [1.165, 1.54) is 5.57 Å². The molecule has 0 aromatic heterocycles. The van der Waals surface area contributed by atoms with E-state index in [4.69, 9.17) is 0 Å². The number of hydrogen-bond acceptors (Lipinski definition) is 3. The van der Waals surface area contributed by atoms with E-state index < -0.39 is 0 Å². The lowest BCUT2D eigenvalue weighted by Gasteiger charge is -2.18. The molecular formula is C22H35NO3. The summed E-state index contributed by atoms with van der Waals surface area (Å²) in [6, 6.07) is 0. The first-order valence-electron chi connectivity index (χ1n) is 10.2. The third-order valence-corrected chi connectivity index (χ3v) is 5.87. The minimum Gasteiger partial charge on any atom is -0.392 e. The van der Waals surface area contributed by atoms with Crippen molar-refractivity contribution >= 4 is 11.7 Å². The first-order valence-corrected chi connectivity index (χ1v) is 10.2. The summed E-state index contributed by atoms with van der Waals surface area (Å²) in [5.41, 5.74) is 1.47. The molecule has 0 spiro atoms. The van der Waals surface area contributed by atoms with Crippen molar-refractivity contribution in [3.63, 3.8) is 0 Å².